The van der Waals surface area contributed by atoms with Crippen LogP contribution in [0.2, 0.25) is 0 Å². The van der Waals surface area contributed by atoms with Gasteiger partial charge in [-0.25, -0.2) is 0 Å². The van der Waals surface area contributed by atoms with Crippen molar-refractivity contribution in [2.45, 2.75) is 13.0 Å². The van der Waals surface area contributed by atoms with Crippen LogP contribution in [0.4, 0.5) is 5.69 Å². The number of nitrogens with two attached hydrogens (primary N) is 1. The van der Waals surface area contributed by atoms with Gasteiger partial charge in [-0.3, -0.25) is 4.79 Å². The Morgan fingerprint density at radius 3 is 2.71 bits per heavy atom. The molecular formula is C10H14N2O2. The first-order chi connectivity index (χ1) is 6.65. The Kier molecular flexibility index (Phi) is 3.34. The van der Waals surface area contributed by atoms with E-state index in [-0.39, 0.29) is 0 Å². The number of primary amides is 1. The van der Waals surface area contributed by atoms with Gasteiger partial charge in [0.15, 0.2) is 0 Å². The number of para-hydroxylation sites is 2. The van der Waals surface area contributed by atoms with Crippen molar-refractivity contribution in [2.75, 3.05) is 12.4 Å². The van der Waals surface area contributed by atoms with Crippen molar-refractivity contribution in [1.82, 2.24) is 0 Å². The highest BCUT2D eigenvalue weighted by Crippen LogP contribution is 2.23. The SMILES string of the molecule is COc1ccccc1N[C@H](C)C(N)=O. The number of amides is 1. The number of hydrogen-bond acceptors (Lipinski definition) is 3. The predicted octanol–water partition coefficient (Wildman–Crippen LogP) is 0.981. The van der Waals surface area contributed by atoms with Crippen LogP contribution in [0, 0.1) is 0 Å². The summed E-state index contributed by atoms with van der Waals surface area (Å²) in [5.74, 6) is 0.302. The molecule has 0 heterocycles. The van der Waals surface area contributed by atoms with Crippen molar-refractivity contribution < 1.29 is 9.53 Å². The number of benzene rings is 1. The average Bonchev–Trinajstić information content (AvgIpc) is 2.18. The maximum atomic E-state index is 10.8. The largest absolute Gasteiger partial charge is 0.495 e. The molecule has 1 rings (SSSR count). The van der Waals surface area contributed by atoms with Crippen LogP contribution in [0.3, 0.4) is 0 Å². The van der Waals surface area contributed by atoms with Gasteiger partial charge in [0.25, 0.3) is 0 Å². The van der Waals surface area contributed by atoms with E-state index in [4.69, 9.17) is 10.5 Å². The lowest BCUT2D eigenvalue weighted by Crippen LogP contribution is -2.32. The van der Waals surface area contributed by atoms with Crippen LogP contribution in [-0.4, -0.2) is 19.1 Å². The lowest BCUT2D eigenvalue weighted by molar-refractivity contribution is -0.118. The summed E-state index contributed by atoms with van der Waals surface area (Å²) >= 11 is 0. The summed E-state index contributed by atoms with van der Waals surface area (Å²) in [4.78, 5) is 10.8. The topological polar surface area (TPSA) is 64.3 Å². The summed E-state index contributed by atoms with van der Waals surface area (Å²) in [5, 5.41) is 2.96. The van der Waals surface area contributed by atoms with E-state index >= 15 is 0 Å². The van der Waals surface area contributed by atoms with E-state index in [2.05, 4.69) is 5.32 Å². The Labute approximate surface area is 83.1 Å². The van der Waals surface area contributed by atoms with E-state index in [1.54, 1.807) is 14.0 Å². The van der Waals surface area contributed by atoms with Crippen LogP contribution >= 0.6 is 0 Å². The molecule has 14 heavy (non-hydrogen) atoms. The Morgan fingerprint density at radius 2 is 2.14 bits per heavy atom. The molecule has 0 aliphatic rings. The predicted molar refractivity (Wildman–Crippen MR) is 55.3 cm³/mol. The highest BCUT2D eigenvalue weighted by atomic mass is 16.5. The second-order valence-electron chi connectivity index (χ2n) is 2.97. The molecule has 0 aliphatic carbocycles. The summed E-state index contributed by atoms with van der Waals surface area (Å²) in [6.45, 7) is 1.70. The highest BCUT2D eigenvalue weighted by molar-refractivity contribution is 5.83. The van der Waals surface area contributed by atoms with Crippen molar-refractivity contribution in [3.63, 3.8) is 0 Å². The molecule has 0 aromatic heterocycles. The fourth-order valence-electron chi connectivity index (χ4n) is 1.07. The molecule has 0 fully saturated rings. The second kappa shape index (κ2) is 4.50. The quantitative estimate of drug-likeness (QED) is 0.751. The average molecular weight is 194 g/mol. The minimum absolute atomic E-state index is 0.393. The molecule has 1 aromatic rings. The fraction of sp³-hybridized carbons (Fsp3) is 0.300. The van der Waals surface area contributed by atoms with E-state index in [9.17, 15) is 4.79 Å². The van der Waals surface area contributed by atoms with Crippen LogP contribution < -0.4 is 15.8 Å². The number of hydrogen-bond donors (Lipinski definition) is 2. The number of nitrogens with one attached hydrogen (secondary N) is 1. The molecule has 3 N–H and O–H groups in total. The first-order valence-electron chi connectivity index (χ1n) is 4.34. The van der Waals surface area contributed by atoms with Crippen molar-refractivity contribution in [1.29, 1.82) is 0 Å². The van der Waals surface area contributed by atoms with Gasteiger partial charge in [0.05, 0.1) is 12.8 Å². The zero-order valence-electron chi connectivity index (χ0n) is 8.28. The van der Waals surface area contributed by atoms with Crippen LogP contribution in [0.5, 0.6) is 5.75 Å². The number of carbonyl (C=O) groups excluding carboxylic acids is 1. The maximum absolute atomic E-state index is 10.8. The maximum Gasteiger partial charge on any atom is 0.239 e. The van der Waals surface area contributed by atoms with Gasteiger partial charge in [0, 0.05) is 0 Å². The molecule has 1 amide bonds. The minimum atomic E-state index is -0.411. The molecule has 0 saturated carbocycles. The van der Waals surface area contributed by atoms with Gasteiger partial charge in [-0.1, -0.05) is 12.1 Å². The van der Waals surface area contributed by atoms with Crippen molar-refractivity contribution in [3.05, 3.63) is 24.3 Å². The molecule has 0 aliphatic heterocycles. The van der Waals surface area contributed by atoms with Gasteiger partial charge in [-0.2, -0.15) is 0 Å². The Morgan fingerprint density at radius 1 is 1.50 bits per heavy atom. The monoisotopic (exact) mass is 194 g/mol. The third-order valence-corrected chi connectivity index (χ3v) is 1.91. The first-order valence-corrected chi connectivity index (χ1v) is 4.34. The molecule has 4 heteroatoms. The number of rotatable bonds is 4. The fourth-order valence-corrected chi connectivity index (χ4v) is 1.07. The molecule has 0 saturated heterocycles. The molecular weight excluding hydrogens is 180 g/mol. The molecule has 1 atom stereocenters. The summed E-state index contributed by atoms with van der Waals surface area (Å²) in [7, 11) is 1.58. The van der Waals surface area contributed by atoms with Gasteiger partial charge in [-0.05, 0) is 19.1 Å². The van der Waals surface area contributed by atoms with Crippen molar-refractivity contribution in [3.8, 4) is 5.75 Å². The number of methoxy groups -OCH3 is 1. The lowest BCUT2D eigenvalue weighted by atomic mass is 10.2. The first kappa shape index (κ1) is 10.4. The highest BCUT2D eigenvalue weighted by Gasteiger charge is 2.10. The summed E-state index contributed by atoms with van der Waals surface area (Å²) in [6, 6.07) is 6.96. The van der Waals surface area contributed by atoms with E-state index < -0.39 is 11.9 Å². The van der Waals surface area contributed by atoms with Crippen LogP contribution in [0.1, 0.15) is 6.92 Å². The molecule has 1 aromatic carbocycles. The molecule has 76 valence electrons. The zero-order valence-corrected chi connectivity index (χ0v) is 8.28. The molecule has 0 radical (unpaired) electrons. The van der Waals surface area contributed by atoms with E-state index in [1.165, 1.54) is 0 Å². The summed E-state index contributed by atoms with van der Waals surface area (Å²) < 4.78 is 5.11. The third kappa shape index (κ3) is 2.39. The number of anilines is 1. The van der Waals surface area contributed by atoms with E-state index in [1.807, 2.05) is 24.3 Å². The summed E-state index contributed by atoms with van der Waals surface area (Å²) in [6.07, 6.45) is 0. The Hall–Kier alpha value is -1.71. The van der Waals surface area contributed by atoms with Gasteiger partial charge < -0.3 is 15.8 Å². The molecule has 0 unspecified atom stereocenters. The van der Waals surface area contributed by atoms with Crippen LogP contribution in [-0.2, 0) is 4.79 Å². The van der Waals surface area contributed by atoms with Gasteiger partial charge in [0.2, 0.25) is 5.91 Å². The van der Waals surface area contributed by atoms with Gasteiger partial charge in [-0.15, -0.1) is 0 Å². The molecule has 4 nitrogen and oxygen atoms in total. The van der Waals surface area contributed by atoms with E-state index in [0.717, 1.165) is 5.69 Å². The van der Waals surface area contributed by atoms with Gasteiger partial charge >= 0.3 is 0 Å². The standard InChI is InChI=1S/C10H14N2O2/c1-7(10(11)13)12-8-5-3-4-6-9(8)14-2/h3-7,12H,1-2H3,(H2,11,13)/t7-/m1/s1. The summed E-state index contributed by atoms with van der Waals surface area (Å²) in [5.41, 5.74) is 5.90. The van der Waals surface area contributed by atoms with Crippen LogP contribution in [0.15, 0.2) is 24.3 Å². The van der Waals surface area contributed by atoms with Gasteiger partial charge in [0.1, 0.15) is 11.8 Å². The second-order valence-corrected chi connectivity index (χ2v) is 2.97. The number of ether oxygens (including phenoxy) is 1. The molecule has 0 spiro atoms. The smallest absolute Gasteiger partial charge is 0.239 e. The third-order valence-electron chi connectivity index (χ3n) is 1.91. The Balaban J connectivity index is 2.80. The Bertz CT molecular complexity index is 326. The number of carbonyl (C=O) groups is 1. The minimum Gasteiger partial charge on any atom is -0.495 e. The normalized spacial score (nSPS) is 11.9. The van der Waals surface area contributed by atoms with Crippen molar-refractivity contribution >= 4 is 11.6 Å². The zero-order chi connectivity index (χ0) is 10.6. The molecule has 0 bridgehead atoms. The van der Waals surface area contributed by atoms with E-state index in [0.29, 0.717) is 5.75 Å². The van der Waals surface area contributed by atoms with Crippen molar-refractivity contribution in [2.24, 2.45) is 5.73 Å². The lowest BCUT2D eigenvalue weighted by Gasteiger charge is -2.14. The van der Waals surface area contributed by atoms with Crippen LogP contribution in [0.25, 0.3) is 0 Å².